The summed E-state index contributed by atoms with van der Waals surface area (Å²) in [6.07, 6.45) is 0.913. The highest BCUT2D eigenvalue weighted by Crippen LogP contribution is 2.29. The van der Waals surface area contributed by atoms with Crippen LogP contribution in [0.4, 0.5) is 5.13 Å². The van der Waals surface area contributed by atoms with Crippen LogP contribution in [0.2, 0.25) is 0 Å². The average Bonchev–Trinajstić information content (AvgIpc) is 2.84. The minimum Gasteiger partial charge on any atom is -0.490 e. The van der Waals surface area contributed by atoms with Gasteiger partial charge in [-0.25, -0.2) is 4.98 Å². The molecule has 0 atom stereocenters. The molecule has 0 aliphatic rings. The highest BCUT2D eigenvalue weighted by Gasteiger charge is 2.13. The van der Waals surface area contributed by atoms with Gasteiger partial charge in [-0.3, -0.25) is 10.1 Å². The van der Waals surface area contributed by atoms with Crippen molar-refractivity contribution >= 4 is 22.4 Å². The Bertz CT molecular complexity index is 663. The molecule has 0 unspecified atom stereocenters. The van der Waals surface area contributed by atoms with Crippen LogP contribution < -0.4 is 14.8 Å². The van der Waals surface area contributed by atoms with Crippen molar-refractivity contribution in [3.05, 3.63) is 34.3 Å². The number of nitrogens with zero attached hydrogens (tertiary/aromatic N) is 1. The summed E-state index contributed by atoms with van der Waals surface area (Å²) in [5, 5.41) is 3.43. The number of hydrogen-bond donors (Lipinski definition) is 1. The molecule has 1 N–H and O–H groups in total. The molecule has 23 heavy (non-hydrogen) atoms. The fraction of sp³-hybridized carbons (Fsp3) is 0.412. The highest BCUT2D eigenvalue weighted by molar-refractivity contribution is 7.15. The van der Waals surface area contributed by atoms with Crippen molar-refractivity contribution in [2.45, 2.75) is 34.1 Å². The van der Waals surface area contributed by atoms with Crippen LogP contribution in [0.25, 0.3) is 0 Å². The van der Waals surface area contributed by atoms with Crippen LogP contribution in [0.15, 0.2) is 18.2 Å². The lowest BCUT2D eigenvalue weighted by Crippen LogP contribution is -2.12. The summed E-state index contributed by atoms with van der Waals surface area (Å²) in [6.45, 7) is 8.98. The molecule has 0 saturated carbocycles. The first-order valence-electron chi connectivity index (χ1n) is 7.70. The largest absolute Gasteiger partial charge is 0.490 e. The van der Waals surface area contributed by atoms with Crippen molar-refractivity contribution in [3.8, 4) is 11.5 Å². The van der Waals surface area contributed by atoms with Crippen LogP contribution >= 0.6 is 11.3 Å². The molecular formula is C17H22N2O3S. The maximum atomic E-state index is 12.4. The fourth-order valence-corrected chi connectivity index (χ4v) is 2.75. The molecule has 0 spiro atoms. The number of aromatic nitrogens is 1. The molecule has 1 aromatic heterocycles. The SMILES string of the molecule is CCCOc1ccc(C(=O)Nc2nc(C)c(C)s2)cc1OCC. The van der Waals surface area contributed by atoms with Gasteiger partial charge in [0, 0.05) is 10.4 Å². The third-order valence-corrected chi connectivity index (χ3v) is 4.20. The minimum absolute atomic E-state index is 0.207. The predicted molar refractivity (Wildman–Crippen MR) is 92.9 cm³/mol. The normalized spacial score (nSPS) is 10.4. The van der Waals surface area contributed by atoms with Crippen LogP contribution in [0.5, 0.6) is 11.5 Å². The second kappa shape index (κ2) is 7.97. The zero-order valence-corrected chi connectivity index (χ0v) is 14.8. The predicted octanol–water partition coefficient (Wildman–Crippen LogP) is 4.20. The Morgan fingerprint density at radius 2 is 2.00 bits per heavy atom. The summed E-state index contributed by atoms with van der Waals surface area (Å²) in [4.78, 5) is 17.8. The molecule has 1 amide bonds. The van der Waals surface area contributed by atoms with E-state index in [0.29, 0.717) is 35.4 Å². The maximum absolute atomic E-state index is 12.4. The van der Waals surface area contributed by atoms with E-state index < -0.39 is 0 Å². The molecule has 1 aromatic carbocycles. The molecule has 0 aliphatic heterocycles. The van der Waals surface area contributed by atoms with Gasteiger partial charge in [-0.1, -0.05) is 6.92 Å². The maximum Gasteiger partial charge on any atom is 0.257 e. The van der Waals surface area contributed by atoms with Crippen LogP contribution in [-0.2, 0) is 0 Å². The van der Waals surface area contributed by atoms with E-state index in [1.54, 1.807) is 18.2 Å². The molecule has 5 nitrogen and oxygen atoms in total. The van der Waals surface area contributed by atoms with E-state index in [1.165, 1.54) is 11.3 Å². The second-order valence-electron chi connectivity index (χ2n) is 5.06. The average molecular weight is 334 g/mol. The molecule has 0 saturated heterocycles. The van der Waals surface area contributed by atoms with Gasteiger partial charge in [0.05, 0.1) is 18.9 Å². The number of amides is 1. The Morgan fingerprint density at radius 1 is 1.22 bits per heavy atom. The van der Waals surface area contributed by atoms with Gasteiger partial charge in [0.25, 0.3) is 5.91 Å². The quantitative estimate of drug-likeness (QED) is 0.824. The minimum atomic E-state index is -0.207. The van der Waals surface area contributed by atoms with Crippen LogP contribution in [0.3, 0.4) is 0 Å². The zero-order chi connectivity index (χ0) is 16.8. The molecule has 0 bridgehead atoms. The first-order valence-corrected chi connectivity index (χ1v) is 8.51. The van der Waals surface area contributed by atoms with E-state index in [-0.39, 0.29) is 5.91 Å². The van der Waals surface area contributed by atoms with Gasteiger partial charge in [-0.2, -0.15) is 0 Å². The summed E-state index contributed by atoms with van der Waals surface area (Å²) < 4.78 is 11.2. The van der Waals surface area contributed by atoms with E-state index in [9.17, 15) is 4.79 Å². The van der Waals surface area contributed by atoms with E-state index in [2.05, 4.69) is 10.3 Å². The second-order valence-corrected chi connectivity index (χ2v) is 6.26. The summed E-state index contributed by atoms with van der Waals surface area (Å²) in [5.41, 5.74) is 1.45. The number of hydrogen-bond acceptors (Lipinski definition) is 5. The van der Waals surface area contributed by atoms with Crippen LogP contribution in [-0.4, -0.2) is 24.1 Å². The molecule has 2 rings (SSSR count). The number of carbonyl (C=O) groups is 1. The van der Waals surface area contributed by atoms with Crippen LogP contribution in [0, 0.1) is 13.8 Å². The van der Waals surface area contributed by atoms with Gasteiger partial charge in [0.2, 0.25) is 0 Å². The Kier molecular flexibility index (Phi) is 5.98. The third kappa shape index (κ3) is 4.45. The number of thiazole rings is 1. The number of nitrogens with one attached hydrogen (secondary N) is 1. The van der Waals surface area contributed by atoms with E-state index in [1.807, 2.05) is 27.7 Å². The van der Waals surface area contributed by atoms with Crippen molar-refractivity contribution in [1.82, 2.24) is 4.98 Å². The first kappa shape index (κ1) is 17.3. The van der Waals surface area contributed by atoms with Gasteiger partial charge >= 0.3 is 0 Å². The molecule has 2 aromatic rings. The number of benzene rings is 1. The smallest absolute Gasteiger partial charge is 0.257 e. The summed E-state index contributed by atoms with van der Waals surface area (Å²) in [7, 11) is 0. The number of ether oxygens (including phenoxy) is 2. The van der Waals surface area contributed by atoms with Crippen molar-refractivity contribution in [3.63, 3.8) is 0 Å². The van der Waals surface area contributed by atoms with E-state index in [0.717, 1.165) is 17.0 Å². The monoisotopic (exact) mass is 334 g/mol. The van der Waals surface area contributed by atoms with Gasteiger partial charge in [0.1, 0.15) is 0 Å². The van der Waals surface area contributed by atoms with Crippen molar-refractivity contribution < 1.29 is 14.3 Å². The lowest BCUT2D eigenvalue weighted by Gasteiger charge is -2.12. The lowest BCUT2D eigenvalue weighted by molar-refractivity contribution is 0.102. The summed E-state index contributed by atoms with van der Waals surface area (Å²) in [6, 6.07) is 5.21. The molecule has 1 heterocycles. The molecule has 0 aliphatic carbocycles. The Morgan fingerprint density at radius 3 is 2.61 bits per heavy atom. The third-order valence-electron chi connectivity index (χ3n) is 3.22. The molecule has 124 valence electrons. The number of anilines is 1. The van der Waals surface area contributed by atoms with Crippen LogP contribution in [0.1, 0.15) is 41.2 Å². The highest BCUT2D eigenvalue weighted by atomic mass is 32.1. The van der Waals surface area contributed by atoms with E-state index >= 15 is 0 Å². The van der Waals surface area contributed by atoms with Gasteiger partial charge in [-0.15, -0.1) is 11.3 Å². The molecule has 0 radical (unpaired) electrons. The summed E-state index contributed by atoms with van der Waals surface area (Å²) >= 11 is 1.47. The van der Waals surface area contributed by atoms with E-state index in [4.69, 9.17) is 9.47 Å². The van der Waals surface area contributed by atoms with Crippen molar-refractivity contribution in [1.29, 1.82) is 0 Å². The molecular weight excluding hydrogens is 312 g/mol. The number of carbonyl (C=O) groups excluding carboxylic acids is 1. The molecule has 0 fully saturated rings. The van der Waals surface area contributed by atoms with Crippen molar-refractivity contribution in [2.24, 2.45) is 0 Å². The Balaban J connectivity index is 2.17. The topological polar surface area (TPSA) is 60.5 Å². The zero-order valence-electron chi connectivity index (χ0n) is 13.9. The Labute approximate surface area is 140 Å². The van der Waals surface area contributed by atoms with Gasteiger partial charge in [-0.05, 0) is 45.4 Å². The molecule has 6 heteroatoms. The number of rotatable bonds is 7. The van der Waals surface area contributed by atoms with Crippen molar-refractivity contribution in [2.75, 3.05) is 18.5 Å². The standard InChI is InChI=1S/C17H22N2O3S/c1-5-9-22-14-8-7-13(10-15(14)21-6-2)16(20)19-17-18-11(3)12(4)23-17/h7-8,10H,5-6,9H2,1-4H3,(H,18,19,20). The first-order chi connectivity index (χ1) is 11.0. The van der Waals surface area contributed by atoms with Gasteiger partial charge in [0.15, 0.2) is 16.6 Å². The summed E-state index contributed by atoms with van der Waals surface area (Å²) in [5.74, 6) is 1.04. The van der Waals surface area contributed by atoms with Gasteiger partial charge < -0.3 is 9.47 Å². The lowest BCUT2D eigenvalue weighted by atomic mass is 10.2. The Hall–Kier alpha value is -2.08. The number of aryl methyl sites for hydroxylation is 2. The fourth-order valence-electron chi connectivity index (χ4n) is 1.94.